The van der Waals surface area contributed by atoms with Gasteiger partial charge in [0.2, 0.25) is 0 Å². The molecule has 1 amide bonds. The molecule has 0 fully saturated rings. The lowest BCUT2D eigenvalue weighted by Crippen LogP contribution is -2.40. The van der Waals surface area contributed by atoms with Gasteiger partial charge >= 0.3 is 0 Å². The molecule has 0 radical (unpaired) electrons. The van der Waals surface area contributed by atoms with Crippen molar-refractivity contribution in [3.05, 3.63) is 34.9 Å². The summed E-state index contributed by atoms with van der Waals surface area (Å²) in [6.07, 6.45) is 3.01. The van der Waals surface area contributed by atoms with Crippen molar-refractivity contribution < 1.29 is 4.79 Å². The highest BCUT2D eigenvalue weighted by atomic mass is 16.1. The molecule has 2 rings (SSSR count). The molecule has 1 atom stereocenters. The molecule has 1 N–H and O–H groups in total. The normalized spacial score (nSPS) is 19.1. The Kier molecular flexibility index (Phi) is 3.51. The number of fused-ring (bicyclic) bond motifs is 1. The highest BCUT2D eigenvalue weighted by molar-refractivity contribution is 5.97. The minimum atomic E-state index is 0.101. The van der Waals surface area contributed by atoms with Crippen LogP contribution in [-0.4, -0.2) is 11.9 Å². The molecule has 0 aromatic heterocycles. The lowest BCUT2D eigenvalue weighted by Gasteiger charge is -2.25. The zero-order chi connectivity index (χ0) is 12.4. The van der Waals surface area contributed by atoms with Crippen molar-refractivity contribution in [2.45, 2.75) is 46.1 Å². The van der Waals surface area contributed by atoms with Gasteiger partial charge < -0.3 is 5.32 Å². The van der Waals surface area contributed by atoms with Crippen molar-refractivity contribution in [1.29, 1.82) is 0 Å². The summed E-state index contributed by atoms with van der Waals surface area (Å²) < 4.78 is 0. The van der Waals surface area contributed by atoms with Gasteiger partial charge in [0.1, 0.15) is 0 Å². The first kappa shape index (κ1) is 12.2. The SMILES string of the molecule is CCC1Cc2ccc(CC(C)C)cc2C(=O)N1. The van der Waals surface area contributed by atoms with Crippen LogP contribution in [0.3, 0.4) is 0 Å². The second kappa shape index (κ2) is 4.91. The van der Waals surface area contributed by atoms with Gasteiger partial charge in [-0.3, -0.25) is 4.79 Å². The van der Waals surface area contributed by atoms with E-state index in [1.54, 1.807) is 0 Å². The summed E-state index contributed by atoms with van der Waals surface area (Å²) in [6, 6.07) is 6.68. The third kappa shape index (κ3) is 2.68. The summed E-state index contributed by atoms with van der Waals surface area (Å²) in [6.45, 7) is 6.52. The Hall–Kier alpha value is -1.31. The summed E-state index contributed by atoms with van der Waals surface area (Å²) in [4.78, 5) is 12.0. The molecule has 0 saturated heterocycles. The number of carbonyl (C=O) groups excluding carboxylic acids is 1. The zero-order valence-corrected chi connectivity index (χ0v) is 10.9. The van der Waals surface area contributed by atoms with Crippen LogP contribution in [0.4, 0.5) is 0 Å². The summed E-state index contributed by atoms with van der Waals surface area (Å²) in [5, 5.41) is 3.06. The number of benzene rings is 1. The zero-order valence-electron chi connectivity index (χ0n) is 10.9. The van der Waals surface area contributed by atoms with Crippen LogP contribution in [0.2, 0.25) is 0 Å². The molecule has 1 aromatic rings. The fourth-order valence-electron chi connectivity index (χ4n) is 2.44. The number of amides is 1. The molecule has 1 aliphatic rings. The van der Waals surface area contributed by atoms with Gasteiger partial charge in [-0.25, -0.2) is 0 Å². The Morgan fingerprint density at radius 3 is 2.82 bits per heavy atom. The summed E-state index contributed by atoms with van der Waals surface area (Å²) in [5.41, 5.74) is 3.35. The average molecular weight is 231 g/mol. The van der Waals surface area contributed by atoms with Crippen molar-refractivity contribution >= 4 is 5.91 Å². The molecule has 2 heteroatoms. The van der Waals surface area contributed by atoms with Gasteiger partial charge in [-0.05, 0) is 42.4 Å². The summed E-state index contributed by atoms with van der Waals surface area (Å²) >= 11 is 0. The van der Waals surface area contributed by atoms with Gasteiger partial charge in [0.05, 0.1) is 0 Å². The minimum absolute atomic E-state index is 0.101. The van der Waals surface area contributed by atoms with E-state index in [0.29, 0.717) is 12.0 Å². The van der Waals surface area contributed by atoms with Crippen molar-refractivity contribution in [1.82, 2.24) is 5.32 Å². The highest BCUT2D eigenvalue weighted by Crippen LogP contribution is 2.21. The maximum atomic E-state index is 12.0. The molecular formula is C15H21NO. The molecule has 1 heterocycles. The third-order valence-electron chi connectivity index (χ3n) is 3.36. The number of hydrogen-bond acceptors (Lipinski definition) is 1. The third-order valence-corrected chi connectivity index (χ3v) is 3.36. The Morgan fingerprint density at radius 1 is 1.41 bits per heavy atom. The second-order valence-corrected chi connectivity index (χ2v) is 5.37. The van der Waals surface area contributed by atoms with E-state index in [2.05, 4.69) is 44.3 Å². The molecule has 17 heavy (non-hydrogen) atoms. The minimum Gasteiger partial charge on any atom is -0.349 e. The highest BCUT2D eigenvalue weighted by Gasteiger charge is 2.22. The monoisotopic (exact) mass is 231 g/mol. The topological polar surface area (TPSA) is 29.1 Å². The largest absolute Gasteiger partial charge is 0.349 e. The number of rotatable bonds is 3. The van der Waals surface area contributed by atoms with Crippen molar-refractivity contribution in [3.8, 4) is 0 Å². The first-order valence-electron chi connectivity index (χ1n) is 6.52. The van der Waals surface area contributed by atoms with Gasteiger partial charge in [-0.2, -0.15) is 0 Å². The van der Waals surface area contributed by atoms with E-state index in [1.165, 1.54) is 11.1 Å². The van der Waals surface area contributed by atoms with E-state index in [9.17, 15) is 4.79 Å². The fourth-order valence-corrected chi connectivity index (χ4v) is 2.44. The van der Waals surface area contributed by atoms with Gasteiger partial charge in [0, 0.05) is 11.6 Å². The smallest absolute Gasteiger partial charge is 0.251 e. The van der Waals surface area contributed by atoms with Crippen molar-refractivity contribution in [2.24, 2.45) is 5.92 Å². The Balaban J connectivity index is 2.27. The van der Waals surface area contributed by atoms with Crippen LogP contribution in [0.15, 0.2) is 18.2 Å². The van der Waals surface area contributed by atoms with Crippen LogP contribution in [0.25, 0.3) is 0 Å². The second-order valence-electron chi connectivity index (χ2n) is 5.37. The molecule has 0 spiro atoms. The molecule has 0 aliphatic carbocycles. The van der Waals surface area contributed by atoms with E-state index in [0.717, 1.165) is 24.8 Å². The first-order valence-corrected chi connectivity index (χ1v) is 6.52. The molecule has 1 unspecified atom stereocenters. The number of hydrogen-bond donors (Lipinski definition) is 1. The van der Waals surface area contributed by atoms with Gasteiger partial charge in [0.25, 0.3) is 5.91 Å². The van der Waals surface area contributed by atoms with E-state index in [-0.39, 0.29) is 5.91 Å². The predicted octanol–water partition coefficient (Wildman–Crippen LogP) is 2.95. The van der Waals surface area contributed by atoms with Gasteiger partial charge in [-0.15, -0.1) is 0 Å². The number of carbonyl (C=O) groups is 1. The first-order chi connectivity index (χ1) is 8.10. The Labute approximate surface area is 103 Å². The predicted molar refractivity (Wildman–Crippen MR) is 70.2 cm³/mol. The molecule has 2 nitrogen and oxygen atoms in total. The quantitative estimate of drug-likeness (QED) is 0.851. The van der Waals surface area contributed by atoms with Crippen LogP contribution in [0.1, 0.15) is 48.7 Å². The maximum Gasteiger partial charge on any atom is 0.251 e. The molecular weight excluding hydrogens is 210 g/mol. The summed E-state index contributed by atoms with van der Waals surface area (Å²) in [7, 11) is 0. The molecule has 1 aromatic carbocycles. The van der Waals surface area contributed by atoms with Crippen LogP contribution < -0.4 is 5.32 Å². The van der Waals surface area contributed by atoms with Gasteiger partial charge in [0.15, 0.2) is 0 Å². The van der Waals surface area contributed by atoms with E-state index in [1.807, 2.05) is 0 Å². The van der Waals surface area contributed by atoms with Crippen LogP contribution >= 0.6 is 0 Å². The molecule has 0 saturated carbocycles. The van der Waals surface area contributed by atoms with Crippen LogP contribution in [-0.2, 0) is 12.8 Å². The lowest BCUT2D eigenvalue weighted by atomic mass is 9.91. The number of nitrogens with one attached hydrogen (secondary N) is 1. The molecule has 0 bridgehead atoms. The Morgan fingerprint density at radius 2 is 2.18 bits per heavy atom. The average Bonchev–Trinajstić information content (AvgIpc) is 2.29. The van der Waals surface area contributed by atoms with Crippen molar-refractivity contribution in [3.63, 3.8) is 0 Å². The van der Waals surface area contributed by atoms with Crippen LogP contribution in [0.5, 0.6) is 0 Å². The molecule has 92 valence electrons. The van der Waals surface area contributed by atoms with E-state index >= 15 is 0 Å². The van der Waals surface area contributed by atoms with Crippen LogP contribution in [0, 0.1) is 5.92 Å². The fraction of sp³-hybridized carbons (Fsp3) is 0.533. The molecule has 1 aliphatic heterocycles. The standard InChI is InChI=1S/C15H21NO/c1-4-13-9-12-6-5-11(7-10(2)3)8-14(12)15(17)16-13/h5-6,8,10,13H,4,7,9H2,1-3H3,(H,16,17). The van der Waals surface area contributed by atoms with E-state index < -0.39 is 0 Å². The summed E-state index contributed by atoms with van der Waals surface area (Å²) in [5.74, 6) is 0.729. The maximum absolute atomic E-state index is 12.0. The Bertz CT molecular complexity index is 423. The lowest BCUT2D eigenvalue weighted by molar-refractivity contribution is 0.0924. The van der Waals surface area contributed by atoms with E-state index in [4.69, 9.17) is 0 Å². The van der Waals surface area contributed by atoms with Crippen molar-refractivity contribution in [2.75, 3.05) is 0 Å². The van der Waals surface area contributed by atoms with Gasteiger partial charge in [-0.1, -0.05) is 32.9 Å².